The fraction of sp³-hybridized carbons (Fsp3) is 0.273. The predicted octanol–water partition coefficient (Wildman–Crippen LogP) is 6.43. The summed E-state index contributed by atoms with van der Waals surface area (Å²) in [5, 5.41) is 11.2. The number of allylic oxidation sites excluding steroid dienone is 1. The lowest BCUT2D eigenvalue weighted by Gasteiger charge is -2.37. The molecule has 0 unspecified atom stereocenters. The van der Waals surface area contributed by atoms with Crippen molar-refractivity contribution < 1.29 is 9.90 Å². The zero-order valence-electron chi connectivity index (χ0n) is 16.2. The number of carboxylic acid groups (broad SMARTS) is 1. The summed E-state index contributed by atoms with van der Waals surface area (Å²) in [6, 6.07) is 15.8. The van der Waals surface area contributed by atoms with E-state index in [0.29, 0.717) is 9.93 Å². The largest absolute Gasteiger partial charge is 0.477 e. The number of halogens is 2. The van der Waals surface area contributed by atoms with Crippen molar-refractivity contribution in [1.82, 2.24) is 4.90 Å². The summed E-state index contributed by atoms with van der Waals surface area (Å²) >= 11 is 10.9. The zero-order valence-corrected chi connectivity index (χ0v) is 19.3. The number of thioether (sulfide) groups is 1. The summed E-state index contributed by atoms with van der Waals surface area (Å²) in [5.74, 6) is -0.856. The van der Waals surface area contributed by atoms with Crippen molar-refractivity contribution in [3.8, 4) is 0 Å². The van der Waals surface area contributed by atoms with Crippen LogP contribution in [0.15, 0.2) is 68.6 Å². The molecule has 0 radical (unpaired) electrons. The Morgan fingerprint density at radius 3 is 2.38 bits per heavy atom. The van der Waals surface area contributed by atoms with Crippen molar-refractivity contribution in [3.63, 3.8) is 0 Å². The highest BCUT2D eigenvalue weighted by molar-refractivity contribution is 9.10. The van der Waals surface area contributed by atoms with Gasteiger partial charge in [0.2, 0.25) is 0 Å². The molecule has 0 bridgehead atoms. The van der Waals surface area contributed by atoms with Crippen molar-refractivity contribution in [2.24, 2.45) is 10.9 Å². The van der Waals surface area contributed by atoms with E-state index in [1.54, 1.807) is 0 Å². The molecule has 2 aliphatic rings. The van der Waals surface area contributed by atoms with Crippen LogP contribution in [-0.2, 0) is 10.3 Å². The summed E-state index contributed by atoms with van der Waals surface area (Å²) in [6.45, 7) is 6.16. The molecule has 0 spiro atoms. The number of benzene rings is 2. The van der Waals surface area contributed by atoms with Gasteiger partial charge in [0.25, 0.3) is 0 Å². The standard InChI is InChI=1S/C22H20BrClN2O2S/c1-12(2)17-18(20(27)28)29-21-25-22(3,14-6-10-16(24)11-7-14)19(26(17)21)13-4-8-15(23)9-5-13/h4-12,19H,1-3H3,(H,27,28)/t19-,22+/m1/s1. The maximum atomic E-state index is 11.9. The minimum Gasteiger partial charge on any atom is -0.477 e. The topological polar surface area (TPSA) is 52.9 Å². The average molecular weight is 492 g/mol. The van der Waals surface area contributed by atoms with Gasteiger partial charge in [0.05, 0.1) is 6.04 Å². The molecular formula is C22H20BrClN2O2S. The Labute approximate surface area is 187 Å². The van der Waals surface area contributed by atoms with Crippen LogP contribution < -0.4 is 0 Å². The Balaban J connectivity index is 1.92. The Kier molecular flexibility index (Phi) is 5.30. The normalized spacial score (nSPS) is 23.6. The second kappa shape index (κ2) is 7.49. The van der Waals surface area contributed by atoms with E-state index >= 15 is 0 Å². The number of hydrogen-bond acceptors (Lipinski definition) is 4. The average Bonchev–Trinajstić information content (AvgIpc) is 3.16. The molecule has 0 aromatic heterocycles. The van der Waals surface area contributed by atoms with Crippen LogP contribution in [0.25, 0.3) is 0 Å². The molecule has 0 aliphatic carbocycles. The van der Waals surface area contributed by atoms with Gasteiger partial charge in [0, 0.05) is 15.2 Å². The molecule has 2 aromatic carbocycles. The van der Waals surface area contributed by atoms with Gasteiger partial charge in [-0.15, -0.1) is 0 Å². The summed E-state index contributed by atoms with van der Waals surface area (Å²) < 4.78 is 0.996. The maximum absolute atomic E-state index is 11.9. The first-order valence-corrected chi connectivity index (χ1v) is 11.3. The van der Waals surface area contributed by atoms with E-state index in [0.717, 1.165) is 26.5 Å². The van der Waals surface area contributed by atoms with Gasteiger partial charge >= 0.3 is 5.97 Å². The number of carboxylic acids is 1. The monoisotopic (exact) mass is 490 g/mol. The Morgan fingerprint density at radius 1 is 1.21 bits per heavy atom. The third-order valence-corrected chi connectivity index (χ3v) is 7.20. The number of hydrogen-bond donors (Lipinski definition) is 1. The van der Waals surface area contributed by atoms with Crippen LogP contribution in [0.5, 0.6) is 0 Å². The van der Waals surface area contributed by atoms with Gasteiger partial charge in [-0.2, -0.15) is 0 Å². The Morgan fingerprint density at radius 2 is 1.83 bits per heavy atom. The van der Waals surface area contributed by atoms with E-state index in [1.807, 2.05) is 50.2 Å². The first kappa shape index (κ1) is 20.5. The van der Waals surface area contributed by atoms with Crippen molar-refractivity contribution in [1.29, 1.82) is 0 Å². The lowest BCUT2D eigenvalue weighted by atomic mass is 9.81. The highest BCUT2D eigenvalue weighted by Crippen LogP contribution is 2.56. The highest BCUT2D eigenvalue weighted by atomic mass is 79.9. The predicted molar refractivity (Wildman–Crippen MR) is 122 cm³/mol. The van der Waals surface area contributed by atoms with Crippen molar-refractivity contribution in [2.45, 2.75) is 32.4 Å². The minimum absolute atomic E-state index is 0.0480. The van der Waals surface area contributed by atoms with Crippen LogP contribution in [0.1, 0.15) is 37.9 Å². The first-order chi connectivity index (χ1) is 13.7. The molecule has 2 heterocycles. The second-order valence-electron chi connectivity index (χ2n) is 7.65. The first-order valence-electron chi connectivity index (χ1n) is 9.28. The minimum atomic E-state index is -0.904. The second-order valence-corrected chi connectivity index (χ2v) is 9.98. The molecule has 2 atom stereocenters. The van der Waals surface area contributed by atoms with Gasteiger partial charge in [0.15, 0.2) is 5.17 Å². The number of fused-ring (bicyclic) bond motifs is 1. The fourth-order valence-corrected chi connectivity index (χ4v) is 5.70. The molecule has 4 rings (SSSR count). The molecule has 0 saturated carbocycles. The Hall–Kier alpha value is -1.76. The third-order valence-electron chi connectivity index (χ3n) is 5.37. The van der Waals surface area contributed by atoms with E-state index in [9.17, 15) is 9.90 Å². The van der Waals surface area contributed by atoms with Crippen molar-refractivity contribution in [2.75, 3.05) is 0 Å². The van der Waals surface area contributed by atoms with E-state index in [1.165, 1.54) is 11.8 Å². The molecule has 1 N–H and O–H groups in total. The number of amidine groups is 1. The molecule has 2 aliphatic heterocycles. The molecule has 4 nitrogen and oxygen atoms in total. The van der Waals surface area contributed by atoms with Crippen molar-refractivity contribution >= 4 is 50.4 Å². The summed E-state index contributed by atoms with van der Waals surface area (Å²) in [4.78, 5) is 19.5. The van der Waals surface area contributed by atoms with Gasteiger partial charge in [0.1, 0.15) is 10.4 Å². The van der Waals surface area contributed by atoms with Crippen LogP contribution in [0, 0.1) is 5.92 Å². The molecule has 150 valence electrons. The quantitative estimate of drug-likeness (QED) is 0.535. The fourth-order valence-electron chi connectivity index (χ4n) is 4.06. The lowest BCUT2D eigenvalue weighted by Crippen LogP contribution is -2.36. The van der Waals surface area contributed by atoms with Crippen LogP contribution in [0.4, 0.5) is 0 Å². The van der Waals surface area contributed by atoms with Gasteiger partial charge in [-0.3, -0.25) is 0 Å². The van der Waals surface area contributed by atoms with Crippen LogP contribution in [-0.4, -0.2) is 21.1 Å². The van der Waals surface area contributed by atoms with Gasteiger partial charge in [-0.1, -0.05) is 65.6 Å². The third kappa shape index (κ3) is 3.41. The van der Waals surface area contributed by atoms with Crippen molar-refractivity contribution in [3.05, 3.63) is 79.8 Å². The molecule has 0 amide bonds. The van der Waals surface area contributed by atoms with Crippen LogP contribution in [0.2, 0.25) is 5.02 Å². The van der Waals surface area contributed by atoms with Crippen LogP contribution >= 0.6 is 39.3 Å². The van der Waals surface area contributed by atoms with Gasteiger partial charge in [-0.05, 0) is 60.0 Å². The molecule has 0 fully saturated rings. The number of aliphatic imine (C=N–C) groups is 1. The van der Waals surface area contributed by atoms with E-state index in [-0.39, 0.29) is 12.0 Å². The lowest BCUT2D eigenvalue weighted by molar-refractivity contribution is -0.131. The SMILES string of the molecule is CC(C)C1=C(C(=O)O)SC2=N[C@@](C)(c3ccc(Cl)cc3)[C@@H](c3ccc(Br)cc3)N21. The van der Waals surface area contributed by atoms with Gasteiger partial charge < -0.3 is 10.0 Å². The summed E-state index contributed by atoms with van der Waals surface area (Å²) in [7, 11) is 0. The zero-order chi connectivity index (χ0) is 20.9. The summed E-state index contributed by atoms with van der Waals surface area (Å²) in [5.41, 5.74) is 2.35. The van der Waals surface area contributed by atoms with Crippen LogP contribution in [0.3, 0.4) is 0 Å². The van der Waals surface area contributed by atoms with E-state index < -0.39 is 11.5 Å². The highest BCUT2D eigenvalue weighted by Gasteiger charge is 2.53. The van der Waals surface area contributed by atoms with Gasteiger partial charge in [-0.25, -0.2) is 9.79 Å². The Bertz CT molecular complexity index is 1030. The number of rotatable bonds is 4. The molecule has 7 heteroatoms. The number of nitrogens with zero attached hydrogens (tertiary/aromatic N) is 2. The number of carbonyl (C=O) groups is 1. The molecule has 0 saturated heterocycles. The molecule has 2 aromatic rings. The summed E-state index contributed by atoms with van der Waals surface area (Å²) in [6.07, 6.45) is 0. The maximum Gasteiger partial charge on any atom is 0.344 e. The van der Waals surface area contributed by atoms with E-state index in [2.05, 4.69) is 39.9 Å². The molecular weight excluding hydrogens is 472 g/mol. The smallest absolute Gasteiger partial charge is 0.344 e. The van der Waals surface area contributed by atoms with E-state index in [4.69, 9.17) is 16.6 Å². The molecule has 29 heavy (non-hydrogen) atoms. The number of aliphatic carboxylic acids is 1.